The number of allylic oxidation sites excluding steroid dienone is 2. The van der Waals surface area contributed by atoms with E-state index in [1.54, 1.807) is 0 Å². The van der Waals surface area contributed by atoms with Crippen molar-refractivity contribution in [3.63, 3.8) is 0 Å². The SMILES string of the molecule is CSC1=C(SC)SC(=C([C]2[CH][CH][CH][CH]2)C([C]2[CH][CH][CH][CH]2)=C2SC(SC)=C(SC)S2)S1.[CH]1[CH][CH][CH][CH]1.[CH]1[CH][CH][CH][CH]1.[Fe+2].[Fe+2]. The van der Waals surface area contributed by atoms with E-state index < -0.39 is 0 Å². The first kappa shape index (κ1) is 41.0. The normalized spacial score (nSPS) is 22.6. The molecule has 4 aliphatic carbocycles. The molecule has 0 atom stereocenters. The van der Waals surface area contributed by atoms with Crippen molar-refractivity contribution in [3.8, 4) is 0 Å². The number of thioether (sulfide) groups is 8. The minimum atomic E-state index is 0. The summed E-state index contributed by atoms with van der Waals surface area (Å²) in [6, 6.07) is 0. The van der Waals surface area contributed by atoms with Gasteiger partial charge in [0.25, 0.3) is 0 Å². The molecule has 218 valence electrons. The molecule has 0 spiro atoms. The van der Waals surface area contributed by atoms with Gasteiger partial charge in [-0.3, -0.25) is 0 Å². The van der Waals surface area contributed by atoms with E-state index >= 15 is 0 Å². The molecule has 42 heavy (non-hydrogen) atoms. The van der Waals surface area contributed by atoms with Gasteiger partial charge in [-0.1, -0.05) is 47.0 Å². The summed E-state index contributed by atoms with van der Waals surface area (Å²) in [5.74, 6) is 2.61. The maximum absolute atomic E-state index is 2.26. The second-order valence-corrected chi connectivity index (χ2v) is 16.9. The minimum Gasteiger partial charge on any atom is -0.121 e. The van der Waals surface area contributed by atoms with Crippen LogP contribution >= 0.6 is 94.1 Å². The van der Waals surface area contributed by atoms with Gasteiger partial charge in [0.05, 0.1) is 25.4 Å². The largest absolute Gasteiger partial charge is 2.00 e. The van der Waals surface area contributed by atoms with Gasteiger partial charge in [-0.15, -0.1) is 47.0 Å². The molecule has 6 aliphatic rings. The molecule has 0 saturated heterocycles. The number of rotatable bonds is 7. The van der Waals surface area contributed by atoms with Crippen LogP contribution < -0.4 is 0 Å². The fourth-order valence-corrected chi connectivity index (χ4v) is 14.0. The Bertz CT molecular complexity index is 811. The molecule has 0 nitrogen and oxygen atoms in total. The van der Waals surface area contributed by atoms with Crippen LogP contribution in [-0.2, 0) is 34.1 Å². The van der Waals surface area contributed by atoms with Crippen LogP contribution in [0.15, 0.2) is 36.6 Å². The first-order valence-corrected chi connectivity index (χ1v) is 20.5. The van der Waals surface area contributed by atoms with Crippen molar-refractivity contribution >= 4 is 94.1 Å². The molecule has 0 unspecified atom stereocenters. The number of hydrogen-bond donors (Lipinski definition) is 0. The molecule has 2 heterocycles. The minimum absolute atomic E-state index is 0. The zero-order valence-electron chi connectivity index (χ0n) is 23.4. The molecule has 0 amide bonds. The molecule has 0 aromatic carbocycles. The molecule has 2 aliphatic heterocycles. The Morgan fingerprint density at radius 3 is 0.786 bits per heavy atom. The Kier molecular flexibility index (Phi) is 22.6. The van der Waals surface area contributed by atoms with Gasteiger partial charge in [0, 0.05) is 11.8 Å². The summed E-state index contributed by atoms with van der Waals surface area (Å²) in [5, 5.41) is 0. The van der Waals surface area contributed by atoms with E-state index in [1.807, 2.05) is 158 Å². The van der Waals surface area contributed by atoms with Crippen LogP contribution in [0.5, 0.6) is 0 Å². The topological polar surface area (TPSA) is 0 Å². The van der Waals surface area contributed by atoms with E-state index in [2.05, 4.69) is 76.4 Å². The fraction of sp³-hybridized carbons (Fsp3) is 0.125. The van der Waals surface area contributed by atoms with Gasteiger partial charge in [0.15, 0.2) is 0 Å². The van der Waals surface area contributed by atoms with E-state index in [0.717, 1.165) is 0 Å². The van der Waals surface area contributed by atoms with Gasteiger partial charge >= 0.3 is 34.1 Å². The zero-order chi connectivity index (χ0) is 28.2. The fourth-order valence-electron chi connectivity index (χ4n) is 3.70. The predicted octanol–water partition coefficient (Wildman–Crippen LogP) is 10.9. The third-order valence-electron chi connectivity index (χ3n) is 5.49. The molecule has 0 N–H and O–H groups in total. The Morgan fingerprint density at radius 1 is 0.381 bits per heavy atom. The number of hydrogen-bond acceptors (Lipinski definition) is 8. The van der Waals surface area contributed by atoms with Crippen LogP contribution in [0.2, 0.25) is 0 Å². The molecule has 4 saturated carbocycles. The molecule has 20 radical (unpaired) electrons. The molecule has 0 aromatic heterocycles. The Labute approximate surface area is 313 Å². The smallest absolute Gasteiger partial charge is 0.121 e. The second-order valence-electron chi connectivity index (χ2n) is 7.97. The van der Waals surface area contributed by atoms with Gasteiger partial charge in [-0.25, -0.2) is 0 Å². The Hall–Kier alpha value is 2.80. The second kappa shape index (κ2) is 23.2. The quantitative estimate of drug-likeness (QED) is 0.231. The van der Waals surface area contributed by atoms with Crippen LogP contribution in [0, 0.1) is 127 Å². The van der Waals surface area contributed by atoms with Crippen molar-refractivity contribution in [1.82, 2.24) is 0 Å². The van der Waals surface area contributed by atoms with Gasteiger partial charge in [0.2, 0.25) is 0 Å². The van der Waals surface area contributed by atoms with Crippen LogP contribution in [0.1, 0.15) is 0 Å². The van der Waals surface area contributed by atoms with Crippen LogP contribution in [0.4, 0.5) is 0 Å². The van der Waals surface area contributed by atoms with Crippen LogP contribution in [-0.4, -0.2) is 25.0 Å². The van der Waals surface area contributed by atoms with E-state index in [4.69, 9.17) is 0 Å². The first-order valence-electron chi connectivity index (χ1n) is 12.3. The summed E-state index contributed by atoms with van der Waals surface area (Å²) in [7, 11) is 0. The summed E-state index contributed by atoms with van der Waals surface area (Å²) < 4.78 is 8.44. The van der Waals surface area contributed by atoms with E-state index in [1.165, 1.54) is 48.4 Å². The van der Waals surface area contributed by atoms with Crippen LogP contribution in [0.3, 0.4) is 0 Å². The predicted molar refractivity (Wildman–Crippen MR) is 196 cm³/mol. The molecular weight excluding hydrogens is 753 g/mol. The summed E-state index contributed by atoms with van der Waals surface area (Å²) in [5.41, 5.74) is 2.74. The molecule has 6 rings (SSSR count). The average molecular weight is 783 g/mol. The van der Waals surface area contributed by atoms with Crippen molar-refractivity contribution in [2.75, 3.05) is 25.0 Å². The molecule has 0 bridgehead atoms. The van der Waals surface area contributed by atoms with Gasteiger partial charge in [-0.2, -0.15) is 0 Å². The summed E-state index contributed by atoms with van der Waals surface area (Å²) >= 11 is 15.2. The van der Waals surface area contributed by atoms with Crippen molar-refractivity contribution in [2.45, 2.75) is 0 Å². The molecule has 10 heteroatoms. The third kappa shape index (κ3) is 12.0. The van der Waals surface area contributed by atoms with Gasteiger partial charge < -0.3 is 0 Å². The van der Waals surface area contributed by atoms with Crippen molar-refractivity contribution in [2.24, 2.45) is 0 Å². The molecular formula is C32H30Fe2S8+4. The standard InChI is InChI=1S/C22H20S8.2C5H5.2Fe/c1-23-19-20(24-2)28-17(27-19)15(13-9-5-6-10-13)16(14-11-7-8-12-14)18-29-21(25-3)22(26-4)30-18;2*1-2-4-5-3-1;;/h5-12H,1-4H3;2*1-5H;;/q;;;2*+2. The summed E-state index contributed by atoms with van der Waals surface area (Å²) in [6.45, 7) is 0. The summed E-state index contributed by atoms with van der Waals surface area (Å²) in [4.78, 5) is 0. The van der Waals surface area contributed by atoms with Crippen molar-refractivity contribution < 1.29 is 34.1 Å². The maximum Gasteiger partial charge on any atom is 2.00 e. The van der Waals surface area contributed by atoms with E-state index in [-0.39, 0.29) is 34.1 Å². The summed E-state index contributed by atoms with van der Waals surface area (Å²) in [6.07, 6.45) is 46.4. The maximum atomic E-state index is 2.26. The monoisotopic (exact) mass is 782 g/mol. The van der Waals surface area contributed by atoms with Gasteiger partial charge in [-0.05, 0) is 152 Å². The Morgan fingerprint density at radius 2 is 0.595 bits per heavy atom. The van der Waals surface area contributed by atoms with Crippen LogP contribution in [0.25, 0.3) is 0 Å². The molecule has 4 fully saturated rings. The Balaban J connectivity index is 0.000000433. The van der Waals surface area contributed by atoms with E-state index in [9.17, 15) is 0 Å². The van der Waals surface area contributed by atoms with Crippen molar-refractivity contribution in [3.05, 3.63) is 164 Å². The van der Waals surface area contributed by atoms with E-state index in [0.29, 0.717) is 0 Å². The first-order chi connectivity index (χ1) is 19.7. The van der Waals surface area contributed by atoms with Gasteiger partial charge in [0.1, 0.15) is 0 Å². The van der Waals surface area contributed by atoms with Crippen molar-refractivity contribution in [1.29, 1.82) is 0 Å². The molecule has 0 aromatic rings. The zero-order valence-corrected chi connectivity index (χ0v) is 32.1. The average Bonchev–Trinajstić information content (AvgIpc) is 3.84. The third-order valence-corrected chi connectivity index (χ3v) is 15.9.